The lowest BCUT2D eigenvalue weighted by atomic mass is 9.88. The molecule has 0 aromatic heterocycles. The fraction of sp³-hybridized carbons (Fsp3) is 0.364. The second-order valence-electron chi connectivity index (χ2n) is 4.14. The van der Waals surface area contributed by atoms with Crippen molar-refractivity contribution in [2.24, 2.45) is 0 Å². The highest BCUT2D eigenvalue weighted by Crippen LogP contribution is 2.37. The van der Waals surface area contributed by atoms with Gasteiger partial charge < -0.3 is 11.1 Å². The van der Waals surface area contributed by atoms with Crippen LogP contribution in [-0.4, -0.2) is 17.9 Å². The van der Waals surface area contributed by atoms with Crippen LogP contribution in [0, 0.1) is 0 Å². The van der Waals surface area contributed by atoms with Crippen molar-refractivity contribution < 1.29 is 13.6 Å². The molecule has 1 aliphatic rings. The SMILES string of the molecule is Nc1cccc(C(=O)NC2CC(F)(F)C2)c1Br. The maximum absolute atomic E-state index is 12.6. The molecule has 0 aliphatic heterocycles. The van der Waals surface area contributed by atoms with Crippen LogP contribution in [0.2, 0.25) is 0 Å². The number of carbonyl (C=O) groups is 1. The van der Waals surface area contributed by atoms with Crippen LogP contribution in [0.15, 0.2) is 22.7 Å². The number of benzene rings is 1. The number of nitrogen functional groups attached to an aromatic ring is 1. The molecule has 1 saturated carbocycles. The van der Waals surface area contributed by atoms with Crippen molar-refractivity contribution in [3.05, 3.63) is 28.2 Å². The largest absolute Gasteiger partial charge is 0.398 e. The van der Waals surface area contributed by atoms with Crippen LogP contribution >= 0.6 is 15.9 Å². The first-order valence-corrected chi connectivity index (χ1v) is 5.91. The van der Waals surface area contributed by atoms with Crippen molar-refractivity contribution in [2.45, 2.75) is 24.8 Å². The van der Waals surface area contributed by atoms with Crippen LogP contribution in [0.3, 0.4) is 0 Å². The van der Waals surface area contributed by atoms with Gasteiger partial charge in [0.05, 0.1) is 10.0 Å². The van der Waals surface area contributed by atoms with Gasteiger partial charge in [-0.2, -0.15) is 0 Å². The third kappa shape index (κ3) is 2.57. The Kier molecular flexibility index (Phi) is 3.07. The van der Waals surface area contributed by atoms with Crippen molar-refractivity contribution >= 4 is 27.5 Å². The molecule has 1 aromatic rings. The van der Waals surface area contributed by atoms with Crippen molar-refractivity contribution in [1.82, 2.24) is 5.32 Å². The van der Waals surface area contributed by atoms with E-state index in [0.717, 1.165) is 0 Å². The molecule has 1 fully saturated rings. The van der Waals surface area contributed by atoms with E-state index in [4.69, 9.17) is 5.73 Å². The zero-order valence-electron chi connectivity index (χ0n) is 8.84. The lowest BCUT2D eigenvalue weighted by molar-refractivity contribution is -0.0901. The fourth-order valence-electron chi connectivity index (χ4n) is 1.75. The van der Waals surface area contributed by atoms with Gasteiger partial charge >= 0.3 is 0 Å². The van der Waals surface area contributed by atoms with E-state index in [1.807, 2.05) is 0 Å². The van der Waals surface area contributed by atoms with Crippen LogP contribution in [-0.2, 0) is 0 Å². The second kappa shape index (κ2) is 4.25. The van der Waals surface area contributed by atoms with Crippen molar-refractivity contribution in [3.8, 4) is 0 Å². The molecule has 92 valence electrons. The molecule has 1 aromatic carbocycles. The van der Waals surface area contributed by atoms with Gasteiger partial charge in [-0.05, 0) is 28.1 Å². The van der Waals surface area contributed by atoms with Gasteiger partial charge in [-0.3, -0.25) is 4.79 Å². The molecule has 0 atom stereocenters. The summed E-state index contributed by atoms with van der Waals surface area (Å²) in [4.78, 5) is 11.8. The summed E-state index contributed by atoms with van der Waals surface area (Å²) in [7, 11) is 0. The standard InChI is InChI=1S/C11H11BrF2N2O/c12-9-7(2-1-3-8(9)15)10(17)16-6-4-11(13,14)5-6/h1-3,6H,4-5,15H2,(H,16,17). The van der Waals surface area contributed by atoms with E-state index in [-0.39, 0.29) is 18.7 Å². The Labute approximate surface area is 106 Å². The van der Waals surface area contributed by atoms with Gasteiger partial charge in [-0.1, -0.05) is 6.07 Å². The smallest absolute Gasteiger partial charge is 0.252 e. The van der Waals surface area contributed by atoms with Crippen LogP contribution in [0.1, 0.15) is 23.2 Å². The van der Waals surface area contributed by atoms with Crippen LogP contribution in [0.4, 0.5) is 14.5 Å². The summed E-state index contributed by atoms with van der Waals surface area (Å²) < 4.78 is 25.7. The highest BCUT2D eigenvalue weighted by molar-refractivity contribution is 9.10. The van der Waals surface area contributed by atoms with Gasteiger partial charge in [0.15, 0.2) is 0 Å². The zero-order chi connectivity index (χ0) is 12.6. The molecule has 0 bridgehead atoms. The van der Waals surface area contributed by atoms with E-state index in [9.17, 15) is 13.6 Å². The summed E-state index contributed by atoms with van der Waals surface area (Å²) in [5, 5.41) is 2.55. The predicted octanol–water partition coefficient (Wildman–Crippen LogP) is 2.56. The minimum Gasteiger partial charge on any atom is -0.398 e. The maximum atomic E-state index is 12.6. The molecule has 0 unspecified atom stereocenters. The molecule has 1 aliphatic carbocycles. The molecular weight excluding hydrogens is 294 g/mol. The summed E-state index contributed by atoms with van der Waals surface area (Å²) in [5.41, 5.74) is 6.43. The van der Waals surface area contributed by atoms with Crippen molar-refractivity contribution in [2.75, 3.05) is 5.73 Å². The Hall–Kier alpha value is -1.17. The molecule has 1 amide bonds. The topological polar surface area (TPSA) is 55.1 Å². The third-order valence-electron chi connectivity index (χ3n) is 2.70. The third-order valence-corrected chi connectivity index (χ3v) is 3.58. The number of nitrogens with one attached hydrogen (secondary N) is 1. The van der Waals surface area contributed by atoms with E-state index in [1.54, 1.807) is 18.2 Å². The Morgan fingerprint density at radius 2 is 2.12 bits per heavy atom. The Bertz CT molecular complexity index is 457. The van der Waals surface area contributed by atoms with Gasteiger partial charge in [0.2, 0.25) is 0 Å². The van der Waals surface area contributed by atoms with Gasteiger partial charge in [0, 0.05) is 24.6 Å². The number of hydrogen-bond donors (Lipinski definition) is 2. The first kappa shape index (κ1) is 12.3. The highest BCUT2D eigenvalue weighted by Gasteiger charge is 2.46. The summed E-state index contributed by atoms with van der Waals surface area (Å²) >= 11 is 3.20. The Morgan fingerprint density at radius 1 is 1.47 bits per heavy atom. The van der Waals surface area contributed by atoms with E-state index in [1.165, 1.54) is 0 Å². The molecule has 0 spiro atoms. The first-order valence-electron chi connectivity index (χ1n) is 5.12. The molecule has 3 N–H and O–H groups in total. The van der Waals surface area contributed by atoms with Gasteiger partial charge in [-0.15, -0.1) is 0 Å². The number of carbonyl (C=O) groups excluding carboxylic acids is 1. The fourth-order valence-corrected chi connectivity index (χ4v) is 2.20. The van der Waals surface area contributed by atoms with Crippen molar-refractivity contribution in [3.63, 3.8) is 0 Å². The number of amides is 1. The molecule has 0 radical (unpaired) electrons. The highest BCUT2D eigenvalue weighted by atomic mass is 79.9. The normalized spacial score (nSPS) is 18.5. The van der Waals surface area contributed by atoms with E-state index >= 15 is 0 Å². The molecule has 3 nitrogen and oxygen atoms in total. The number of halogens is 3. The molecular formula is C11H11BrF2N2O. The van der Waals surface area contributed by atoms with E-state index in [2.05, 4.69) is 21.2 Å². The molecule has 6 heteroatoms. The van der Waals surface area contributed by atoms with E-state index < -0.39 is 12.0 Å². The van der Waals surface area contributed by atoms with Crippen LogP contribution in [0.5, 0.6) is 0 Å². The van der Waals surface area contributed by atoms with Gasteiger partial charge in [0.25, 0.3) is 11.8 Å². The number of anilines is 1. The number of nitrogens with two attached hydrogens (primary N) is 1. The summed E-state index contributed by atoms with van der Waals surface area (Å²) in [5.74, 6) is -3.02. The molecule has 0 saturated heterocycles. The molecule has 17 heavy (non-hydrogen) atoms. The minimum atomic E-state index is -2.63. The van der Waals surface area contributed by atoms with Gasteiger partial charge in [-0.25, -0.2) is 8.78 Å². The lowest BCUT2D eigenvalue weighted by Gasteiger charge is -2.35. The summed E-state index contributed by atoms with van der Waals surface area (Å²) in [6, 6.07) is 4.43. The Balaban J connectivity index is 2.04. The zero-order valence-corrected chi connectivity index (χ0v) is 10.4. The second-order valence-corrected chi connectivity index (χ2v) is 4.94. The van der Waals surface area contributed by atoms with Crippen LogP contribution in [0.25, 0.3) is 0 Å². The summed E-state index contributed by atoms with van der Waals surface area (Å²) in [6.07, 6.45) is -0.586. The average molecular weight is 305 g/mol. The lowest BCUT2D eigenvalue weighted by Crippen LogP contribution is -2.50. The van der Waals surface area contributed by atoms with E-state index in [0.29, 0.717) is 15.7 Å². The maximum Gasteiger partial charge on any atom is 0.252 e. The van der Waals surface area contributed by atoms with Crippen LogP contribution < -0.4 is 11.1 Å². The molecule has 2 rings (SSSR count). The first-order chi connectivity index (χ1) is 7.89. The van der Waals surface area contributed by atoms with Crippen molar-refractivity contribution in [1.29, 1.82) is 0 Å². The quantitative estimate of drug-likeness (QED) is 0.825. The summed E-state index contributed by atoms with van der Waals surface area (Å²) in [6.45, 7) is 0. The number of hydrogen-bond acceptors (Lipinski definition) is 2. The molecule has 0 heterocycles. The monoisotopic (exact) mass is 304 g/mol. The average Bonchev–Trinajstić information content (AvgIpc) is 2.19. The van der Waals surface area contributed by atoms with Gasteiger partial charge in [0.1, 0.15) is 0 Å². The Morgan fingerprint density at radius 3 is 2.71 bits per heavy atom. The minimum absolute atomic E-state index is 0.293. The number of alkyl halides is 2. The number of rotatable bonds is 2. The predicted molar refractivity (Wildman–Crippen MR) is 64.0 cm³/mol.